The number of nitrogens with zero attached hydrogens (tertiary/aromatic N) is 1. The number of benzene rings is 1. The minimum absolute atomic E-state index is 0.0347. The first-order chi connectivity index (χ1) is 10.1. The van der Waals surface area contributed by atoms with Gasteiger partial charge in [-0.2, -0.15) is 0 Å². The standard InChI is InChI=1S/C16H22N2O3/c1-21-16(20)11-14-4-2-3-9-18(14)15(19)10-12-5-7-13(17)8-6-12/h5-8,14H,2-4,9-11,17H2,1H3. The zero-order valence-corrected chi connectivity index (χ0v) is 12.4. The van der Waals surface area contributed by atoms with E-state index in [4.69, 9.17) is 10.5 Å². The number of rotatable bonds is 4. The summed E-state index contributed by atoms with van der Waals surface area (Å²) in [4.78, 5) is 25.8. The Morgan fingerprint density at radius 3 is 2.67 bits per heavy atom. The Hall–Kier alpha value is -2.04. The number of likely N-dealkylation sites (tertiary alicyclic amines) is 1. The van der Waals surface area contributed by atoms with E-state index in [9.17, 15) is 9.59 Å². The Balaban J connectivity index is 2.00. The van der Waals surface area contributed by atoms with E-state index in [1.807, 2.05) is 17.0 Å². The van der Waals surface area contributed by atoms with Crippen LogP contribution in [-0.2, 0) is 20.7 Å². The molecule has 0 aliphatic carbocycles. The lowest BCUT2D eigenvalue weighted by atomic mass is 9.98. The lowest BCUT2D eigenvalue weighted by Gasteiger charge is -2.35. The third-order valence-electron chi connectivity index (χ3n) is 3.91. The Morgan fingerprint density at radius 2 is 2.00 bits per heavy atom. The molecule has 1 atom stereocenters. The number of carbonyl (C=O) groups excluding carboxylic acids is 2. The van der Waals surface area contributed by atoms with Crippen LogP contribution in [0.2, 0.25) is 0 Å². The second-order valence-electron chi connectivity index (χ2n) is 5.44. The van der Waals surface area contributed by atoms with Gasteiger partial charge in [0.15, 0.2) is 0 Å². The third kappa shape index (κ3) is 4.21. The first-order valence-electron chi connectivity index (χ1n) is 7.31. The van der Waals surface area contributed by atoms with Gasteiger partial charge in [-0.15, -0.1) is 0 Å². The number of carbonyl (C=O) groups is 2. The van der Waals surface area contributed by atoms with Crippen LogP contribution in [0.5, 0.6) is 0 Å². The maximum absolute atomic E-state index is 12.5. The van der Waals surface area contributed by atoms with Gasteiger partial charge < -0.3 is 15.4 Å². The molecule has 5 nitrogen and oxygen atoms in total. The Morgan fingerprint density at radius 1 is 1.29 bits per heavy atom. The number of hydrogen-bond acceptors (Lipinski definition) is 4. The molecule has 0 aromatic heterocycles. The molecule has 1 amide bonds. The first-order valence-corrected chi connectivity index (χ1v) is 7.31. The van der Waals surface area contributed by atoms with E-state index in [2.05, 4.69) is 0 Å². The van der Waals surface area contributed by atoms with Crippen molar-refractivity contribution >= 4 is 17.6 Å². The molecule has 1 aromatic carbocycles. The minimum atomic E-state index is -0.257. The number of piperidine rings is 1. The second-order valence-corrected chi connectivity index (χ2v) is 5.44. The van der Waals surface area contributed by atoms with Gasteiger partial charge in [-0.05, 0) is 37.0 Å². The van der Waals surface area contributed by atoms with E-state index in [0.717, 1.165) is 31.4 Å². The molecule has 0 radical (unpaired) electrons. The van der Waals surface area contributed by atoms with Crippen molar-refractivity contribution in [2.75, 3.05) is 19.4 Å². The fourth-order valence-corrected chi connectivity index (χ4v) is 2.73. The highest BCUT2D eigenvalue weighted by molar-refractivity contribution is 5.80. The highest BCUT2D eigenvalue weighted by Crippen LogP contribution is 2.21. The molecule has 0 bridgehead atoms. The van der Waals surface area contributed by atoms with Crippen LogP contribution in [0.25, 0.3) is 0 Å². The van der Waals surface area contributed by atoms with E-state index >= 15 is 0 Å². The molecule has 1 saturated heterocycles. The SMILES string of the molecule is COC(=O)CC1CCCCN1C(=O)Cc1ccc(N)cc1. The molecule has 21 heavy (non-hydrogen) atoms. The quantitative estimate of drug-likeness (QED) is 0.677. The zero-order valence-electron chi connectivity index (χ0n) is 12.4. The van der Waals surface area contributed by atoms with Gasteiger partial charge in [0, 0.05) is 18.3 Å². The lowest BCUT2D eigenvalue weighted by Crippen LogP contribution is -2.45. The summed E-state index contributed by atoms with van der Waals surface area (Å²) in [7, 11) is 1.38. The summed E-state index contributed by atoms with van der Waals surface area (Å²) in [5.74, 6) is -0.194. The van der Waals surface area contributed by atoms with Crippen molar-refractivity contribution in [3.05, 3.63) is 29.8 Å². The molecule has 1 heterocycles. The van der Waals surface area contributed by atoms with E-state index in [0.29, 0.717) is 12.1 Å². The van der Waals surface area contributed by atoms with Crippen molar-refractivity contribution in [2.45, 2.75) is 38.1 Å². The predicted octanol–water partition coefficient (Wildman–Crippen LogP) is 1.76. The maximum atomic E-state index is 12.5. The maximum Gasteiger partial charge on any atom is 0.307 e. The summed E-state index contributed by atoms with van der Waals surface area (Å²) in [5.41, 5.74) is 7.27. The van der Waals surface area contributed by atoms with Crippen molar-refractivity contribution in [3.63, 3.8) is 0 Å². The number of amides is 1. The molecule has 1 unspecified atom stereocenters. The Labute approximate surface area is 125 Å². The summed E-state index contributed by atoms with van der Waals surface area (Å²) in [6.45, 7) is 0.718. The molecule has 1 aliphatic heterocycles. The van der Waals surface area contributed by atoms with Gasteiger partial charge in [-0.25, -0.2) is 0 Å². The van der Waals surface area contributed by atoms with Crippen LogP contribution in [0, 0.1) is 0 Å². The molecular weight excluding hydrogens is 268 g/mol. The fraction of sp³-hybridized carbons (Fsp3) is 0.500. The molecular formula is C16H22N2O3. The number of nitrogens with two attached hydrogens (primary N) is 1. The van der Waals surface area contributed by atoms with Crippen LogP contribution >= 0.6 is 0 Å². The monoisotopic (exact) mass is 290 g/mol. The smallest absolute Gasteiger partial charge is 0.307 e. The summed E-state index contributed by atoms with van der Waals surface area (Å²) >= 11 is 0. The second kappa shape index (κ2) is 7.11. The molecule has 114 valence electrons. The summed E-state index contributed by atoms with van der Waals surface area (Å²) in [6.07, 6.45) is 3.53. The Bertz CT molecular complexity index is 499. The van der Waals surface area contributed by atoms with Crippen molar-refractivity contribution in [3.8, 4) is 0 Å². The van der Waals surface area contributed by atoms with Gasteiger partial charge in [-0.3, -0.25) is 9.59 Å². The van der Waals surface area contributed by atoms with E-state index in [1.165, 1.54) is 7.11 Å². The van der Waals surface area contributed by atoms with Gasteiger partial charge >= 0.3 is 5.97 Å². The van der Waals surface area contributed by atoms with Gasteiger partial charge in [0.1, 0.15) is 0 Å². The molecule has 1 aromatic rings. The van der Waals surface area contributed by atoms with Gasteiger partial charge in [0.25, 0.3) is 0 Å². The highest BCUT2D eigenvalue weighted by atomic mass is 16.5. The van der Waals surface area contributed by atoms with Crippen molar-refractivity contribution < 1.29 is 14.3 Å². The first kappa shape index (κ1) is 15.4. The van der Waals surface area contributed by atoms with Crippen LogP contribution in [0.4, 0.5) is 5.69 Å². The molecule has 2 rings (SSSR count). The van der Waals surface area contributed by atoms with Crippen molar-refractivity contribution in [1.29, 1.82) is 0 Å². The van der Waals surface area contributed by atoms with Crippen LogP contribution in [0.1, 0.15) is 31.2 Å². The van der Waals surface area contributed by atoms with Crippen LogP contribution in [0.3, 0.4) is 0 Å². The zero-order chi connectivity index (χ0) is 15.2. The molecule has 2 N–H and O–H groups in total. The Kier molecular flexibility index (Phi) is 5.20. The average Bonchev–Trinajstić information content (AvgIpc) is 2.50. The van der Waals surface area contributed by atoms with E-state index in [-0.39, 0.29) is 24.3 Å². The van der Waals surface area contributed by atoms with Crippen LogP contribution in [0.15, 0.2) is 24.3 Å². The van der Waals surface area contributed by atoms with Gasteiger partial charge in [0.05, 0.1) is 20.0 Å². The number of methoxy groups -OCH3 is 1. The molecule has 5 heteroatoms. The van der Waals surface area contributed by atoms with Gasteiger partial charge in [0.2, 0.25) is 5.91 Å². The van der Waals surface area contributed by atoms with E-state index < -0.39 is 0 Å². The fourth-order valence-electron chi connectivity index (χ4n) is 2.73. The van der Waals surface area contributed by atoms with Crippen LogP contribution < -0.4 is 5.73 Å². The minimum Gasteiger partial charge on any atom is -0.469 e. The van der Waals surface area contributed by atoms with Crippen LogP contribution in [-0.4, -0.2) is 36.5 Å². The molecule has 1 fully saturated rings. The van der Waals surface area contributed by atoms with Gasteiger partial charge in [-0.1, -0.05) is 12.1 Å². The predicted molar refractivity (Wildman–Crippen MR) is 80.5 cm³/mol. The largest absolute Gasteiger partial charge is 0.469 e. The molecule has 1 aliphatic rings. The summed E-state index contributed by atoms with van der Waals surface area (Å²) in [6, 6.07) is 7.29. The number of hydrogen-bond donors (Lipinski definition) is 1. The summed E-state index contributed by atoms with van der Waals surface area (Å²) < 4.78 is 4.72. The molecule has 0 saturated carbocycles. The average molecular weight is 290 g/mol. The number of esters is 1. The normalized spacial score (nSPS) is 18.3. The lowest BCUT2D eigenvalue weighted by molar-refractivity contribution is -0.144. The third-order valence-corrected chi connectivity index (χ3v) is 3.91. The van der Waals surface area contributed by atoms with Crippen molar-refractivity contribution in [1.82, 2.24) is 4.90 Å². The molecule has 0 spiro atoms. The number of nitrogen functional groups attached to an aromatic ring is 1. The number of ether oxygens (including phenoxy) is 1. The summed E-state index contributed by atoms with van der Waals surface area (Å²) in [5, 5.41) is 0. The topological polar surface area (TPSA) is 72.6 Å². The number of anilines is 1. The van der Waals surface area contributed by atoms with E-state index in [1.54, 1.807) is 12.1 Å². The van der Waals surface area contributed by atoms with Crippen molar-refractivity contribution in [2.24, 2.45) is 0 Å². The highest BCUT2D eigenvalue weighted by Gasteiger charge is 2.28.